The maximum absolute atomic E-state index is 12.3. The molecular formula is C30H40N4O5. The van der Waals surface area contributed by atoms with Crippen LogP contribution in [0.1, 0.15) is 30.8 Å². The van der Waals surface area contributed by atoms with E-state index in [9.17, 15) is 9.90 Å². The summed E-state index contributed by atoms with van der Waals surface area (Å²) in [7, 11) is 1.63. The van der Waals surface area contributed by atoms with Crippen molar-refractivity contribution in [1.82, 2.24) is 19.4 Å². The van der Waals surface area contributed by atoms with E-state index in [1.807, 2.05) is 61.8 Å². The summed E-state index contributed by atoms with van der Waals surface area (Å²) in [5.74, 6) is 3.00. The first-order valence-corrected chi connectivity index (χ1v) is 13.5. The molecule has 2 aromatic carbocycles. The predicted octanol–water partition coefficient (Wildman–Crippen LogP) is 3.32. The number of imidazole rings is 1. The fourth-order valence-corrected chi connectivity index (χ4v) is 4.89. The molecule has 210 valence electrons. The van der Waals surface area contributed by atoms with Gasteiger partial charge in [-0.15, -0.1) is 0 Å². The highest BCUT2D eigenvalue weighted by Crippen LogP contribution is 2.29. The van der Waals surface area contributed by atoms with Crippen LogP contribution >= 0.6 is 0 Å². The number of hydrogen-bond donors (Lipinski definition) is 1. The molecule has 0 spiro atoms. The standard InChI is InChI=1S/C30H40N4O5/c1-5-29-31-12-13-33(29)16-17-38-28-18-25(8-11-27(28)37-4)19-32-14-15-34(24(3)35)21-30(36,20-32)22-39-26-9-6-23(2)7-10-26/h6-13,18,36H,5,14-17,19-22H2,1-4H3/t30-/m0/s1. The lowest BCUT2D eigenvalue weighted by Gasteiger charge is -2.32. The Morgan fingerprint density at radius 2 is 1.87 bits per heavy atom. The second kappa shape index (κ2) is 13.0. The Balaban J connectivity index is 1.44. The van der Waals surface area contributed by atoms with Crippen LogP contribution in [0.15, 0.2) is 54.9 Å². The normalized spacial score (nSPS) is 18.0. The third-order valence-corrected chi connectivity index (χ3v) is 7.00. The van der Waals surface area contributed by atoms with Gasteiger partial charge in [-0.3, -0.25) is 9.69 Å². The summed E-state index contributed by atoms with van der Waals surface area (Å²) in [6, 6.07) is 13.6. The summed E-state index contributed by atoms with van der Waals surface area (Å²) < 4.78 is 19.7. The lowest BCUT2D eigenvalue weighted by molar-refractivity contribution is -0.132. The zero-order valence-corrected chi connectivity index (χ0v) is 23.4. The molecular weight excluding hydrogens is 496 g/mol. The minimum absolute atomic E-state index is 0.0603. The highest BCUT2D eigenvalue weighted by molar-refractivity contribution is 5.73. The monoisotopic (exact) mass is 536 g/mol. The first-order valence-electron chi connectivity index (χ1n) is 13.5. The molecule has 0 saturated carbocycles. The largest absolute Gasteiger partial charge is 0.493 e. The minimum atomic E-state index is -1.22. The van der Waals surface area contributed by atoms with Gasteiger partial charge >= 0.3 is 0 Å². The van der Waals surface area contributed by atoms with Gasteiger partial charge in [-0.2, -0.15) is 0 Å². The van der Waals surface area contributed by atoms with E-state index >= 15 is 0 Å². The predicted molar refractivity (Wildman–Crippen MR) is 149 cm³/mol. The number of ether oxygens (including phenoxy) is 3. The molecule has 9 heteroatoms. The molecule has 1 fully saturated rings. The van der Waals surface area contributed by atoms with Gasteiger partial charge in [-0.05, 0) is 36.8 Å². The van der Waals surface area contributed by atoms with Crippen LogP contribution < -0.4 is 14.2 Å². The molecule has 1 aromatic heterocycles. The lowest BCUT2D eigenvalue weighted by atomic mass is 10.0. The SMILES string of the molecule is CCc1nccn1CCOc1cc(CN2CCN(C(C)=O)C[C@](O)(COc3ccc(C)cc3)C2)ccc1OC. The summed E-state index contributed by atoms with van der Waals surface area (Å²) in [6.45, 7) is 9.23. The molecule has 1 atom stereocenters. The highest BCUT2D eigenvalue weighted by atomic mass is 16.5. The smallest absolute Gasteiger partial charge is 0.219 e. The number of benzene rings is 2. The van der Waals surface area contributed by atoms with Gasteiger partial charge < -0.3 is 28.8 Å². The van der Waals surface area contributed by atoms with Crippen molar-refractivity contribution in [2.45, 2.75) is 45.9 Å². The quantitative estimate of drug-likeness (QED) is 0.402. The molecule has 0 radical (unpaired) electrons. The fraction of sp³-hybridized carbons (Fsp3) is 0.467. The Morgan fingerprint density at radius 1 is 1.08 bits per heavy atom. The molecule has 0 unspecified atom stereocenters. The maximum atomic E-state index is 12.3. The number of β-amino-alcohol motifs (C(OH)–C–C–N with tert-alkyl or cyclic N) is 1. The van der Waals surface area contributed by atoms with Gasteiger partial charge in [0, 0.05) is 51.9 Å². The Labute approximate surface area is 230 Å². The van der Waals surface area contributed by atoms with Crippen LogP contribution in [-0.2, 0) is 24.3 Å². The van der Waals surface area contributed by atoms with Crippen molar-refractivity contribution in [1.29, 1.82) is 0 Å². The van der Waals surface area contributed by atoms with Crippen LogP contribution in [0.5, 0.6) is 17.2 Å². The van der Waals surface area contributed by atoms with Crippen molar-refractivity contribution >= 4 is 5.91 Å². The second-order valence-electron chi connectivity index (χ2n) is 10.2. The molecule has 39 heavy (non-hydrogen) atoms. The number of methoxy groups -OCH3 is 1. The van der Waals surface area contributed by atoms with E-state index < -0.39 is 5.60 Å². The third kappa shape index (κ3) is 7.74. The summed E-state index contributed by atoms with van der Waals surface area (Å²) in [6.07, 6.45) is 4.63. The van der Waals surface area contributed by atoms with Gasteiger partial charge in [0.2, 0.25) is 5.91 Å². The van der Waals surface area contributed by atoms with E-state index in [4.69, 9.17) is 14.2 Å². The molecule has 1 aliphatic heterocycles. The first-order chi connectivity index (χ1) is 18.8. The fourth-order valence-electron chi connectivity index (χ4n) is 4.89. The second-order valence-corrected chi connectivity index (χ2v) is 10.2. The lowest BCUT2D eigenvalue weighted by Crippen LogP contribution is -2.51. The van der Waals surface area contributed by atoms with Crippen molar-refractivity contribution in [3.05, 3.63) is 71.8 Å². The van der Waals surface area contributed by atoms with Crippen molar-refractivity contribution in [3.8, 4) is 17.2 Å². The van der Waals surface area contributed by atoms with E-state index in [-0.39, 0.29) is 19.1 Å². The number of aryl methyl sites for hydroxylation is 2. The molecule has 0 bridgehead atoms. The van der Waals surface area contributed by atoms with Crippen LogP contribution in [0.25, 0.3) is 0 Å². The zero-order valence-electron chi connectivity index (χ0n) is 23.4. The van der Waals surface area contributed by atoms with Crippen LogP contribution in [-0.4, -0.2) is 82.5 Å². The van der Waals surface area contributed by atoms with Crippen molar-refractivity contribution in [2.24, 2.45) is 0 Å². The molecule has 4 rings (SSSR count). The van der Waals surface area contributed by atoms with Gasteiger partial charge in [-0.25, -0.2) is 4.98 Å². The zero-order chi connectivity index (χ0) is 27.8. The number of amides is 1. The molecule has 1 saturated heterocycles. The van der Waals surface area contributed by atoms with Crippen LogP contribution in [0.2, 0.25) is 0 Å². The number of aliphatic hydroxyl groups is 1. The molecule has 1 aliphatic rings. The van der Waals surface area contributed by atoms with Crippen LogP contribution in [0, 0.1) is 6.92 Å². The van der Waals surface area contributed by atoms with Crippen LogP contribution in [0.4, 0.5) is 0 Å². The topological polar surface area (TPSA) is 89.3 Å². The first kappa shape index (κ1) is 28.4. The average Bonchev–Trinajstić information content (AvgIpc) is 3.31. The molecule has 9 nitrogen and oxygen atoms in total. The van der Waals surface area contributed by atoms with E-state index in [0.29, 0.717) is 56.6 Å². The van der Waals surface area contributed by atoms with Gasteiger partial charge in [0.25, 0.3) is 0 Å². The Hall–Kier alpha value is -3.56. The van der Waals surface area contributed by atoms with E-state index in [1.165, 1.54) is 6.92 Å². The van der Waals surface area contributed by atoms with Crippen LogP contribution in [0.3, 0.4) is 0 Å². The molecule has 1 N–H and O–H groups in total. The third-order valence-electron chi connectivity index (χ3n) is 7.00. The summed E-state index contributed by atoms with van der Waals surface area (Å²) in [4.78, 5) is 20.5. The van der Waals surface area contributed by atoms with Crippen molar-refractivity contribution in [3.63, 3.8) is 0 Å². The number of aromatic nitrogens is 2. The van der Waals surface area contributed by atoms with Gasteiger partial charge in [-0.1, -0.05) is 30.7 Å². The summed E-state index contributed by atoms with van der Waals surface area (Å²) in [5, 5.41) is 11.6. The van der Waals surface area contributed by atoms with Gasteiger partial charge in [0.15, 0.2) is 11.5 Å². The number of rotatable bonds is 11. The number of carbonyl (C=O) groups excluding carboxylic acids is 1. The number of hydrogen-bond acceptors (Lipinski definition) is 7. The number of nitrogens with zero attached hydrogens (tertiary/aromatic N) is 4. The van der Waals surface area contributed by atoms with Crippen molar-refractivity contribution < 1.29 is 24.1 Å². The highest BCUT2D eigenvalue weighted by Gasteiger charge is 2.37. The molecule has 1 amide bonds. The average molecular weight is 537 g/mol. The van der Waals surface area contributed by atoms with E-state index in [2.05, 4.69) is 21.4 Å². The van der Waals surface area contributed by atoms with E-state index in [1.54, 1.807) is 12.0 Å². The molecule has 2 heterocycles. The molecule has 0 aliphatic carbocycles. The number of carbonyl (C=O) groups is 1. The Morgan fingerprint density at radius 3 is 2.59 bits per heavy atom. The minimum Gasteiger partial charge on any atom is -0.493 e. The summed E-state index contributed by atoms with van der Waals surface area (Å²) >= 11 is 0. The Kier molecular flexibility index (Phi) is 9.48. The van der Waals surface area contributed by atoms with E-state index in [0.717, 1.165) is 23.4 Å². The Bertz CT molecular complexity index is 1230. The van der Waals surface area contributed by atoms with Gasteiger partial charge in [0.1, 0.15) is 30.4 Å². The molecule has 3 aromatic rings. The van der Waals surface area contributed by atoms with Gasteiger partial charge in [0.05, 0.1) is 20.2 Å². The van der Waals surface area contributed by atoms with Crippen molar-refractivity contribution in [2.75, 3.05) is 46.5 Å². The summed E-state index contributed by atoms with van der Waals surface area (Å²) in [5.41, 5.74) is 0.946. The maximum Gasteiger partial charge on any atom is 0.219 e.